The van der Waals surface area contributed by atoms with E-state index in [4.69, 9.17) is 22.7 Å². The first-order valence-corrected chi connectivity index (χ1v) is 7.87. The quantitative estimate of drug-likeness (QED) is 0.750. The summed E-state index contributed by atoms with van der Waals surface area (Å²) < 4.78 is 31.6. The Morgan fingerprint density at radius 1 is 1.42 bits per heavy atom. The number of nitrogens with two attached hydrogens (primary N) is 1. The van der Waals surface area contributed by atoms with E-state index < -0.39 is 10.0 Å². The fraction of sp³-hybridized carbons (Fsp3) is 0.417. The van der Waals surface area contributed by atoms with Gasteiger partial charge in [0.05, 0.1) is 11.4 Å². The monoisotopic (exact) mass is 302 g/mol. The number of benzene rings is 1. The lowest BCUT2D eigenvalue weighted by molar-refractivity contribution is 0.379. The number of rotatable bonds is 7. The van der Waals surface area contributed by atoms with E-state index in [0.717, 1.165) is 0 Å². The molecule has 0 spiro atoms. The molecule has 106 valence electrons. The van der Waals surface area contributed by atoms with Crippen molar-refractivity contribution in [2.24, 2.45) is 11.7 Å². The molecular weight excluding hydrogens is 284 g/mol. The van der Waals surface area contributed by atoms with Crippen LogP contribution in [0.1, 0.15) is 13.8 Å². The van der Waals surface area contributed by atoms with Crippen molar-refractivity contribution < 1.29 is 13.2 Å². The summed E-state index contributed by atoms with van der Waals surface area (Å²) in [6, 6.07) is 6.76. The minimum Gasteiger partial charge on any atom is -0.484 e. The molecule has 0 atom stereocenters. The van der Waals surface area contributed by atoms with Gasteiger partial charge in [-0.05, 0) is 18.1 Å². The number of ether oxygens (including phenoxy) is 1. The topological polar surface area (TPSA) is 81.4 Å². The number of hydrogen-bond acceptors (Lipinski definition) is 4. The van der Waals surface area contributed by atoms with E-state index in [1.807, 2.05) is 13.8 Å². The molecule has 1 rings (SSSR count). The van der Waals surface area contributed by atoms with Crippen LogP contribution in [0.3, 0.4) is 0 Å². The third-order valence-electron chi connectivity index (χ3n) is 2.08. The predicted molar refractivity (Wildman–Crippen MR) is 81.0 cm³/mol. The molecule has 0 saturated heterocycles. The Kier molecular flexibility index (Phi) is 5.56. The van der Waals surface area contributed by atoms with Crippen LogP contribution in [0.15, 0.2) is 24.3 Å². The van der Waals surface area contributed by atoms with E-state index in [9.17, 15) is 8.42 Å². The Morgan fingerprint density at radius 3 is 2.63 bits per heavy atom. The van der Waals surface area contributed by atoms with Crippen LogP contribution < -0.4 is 15.2 Å². The molecule has 0 amide bonds. The molecule has 0 heterocycles. The SMILES string of the molecule is CC(C)CS(=O)(=O)Nc1ccccc1OCC(N)=S. The Labute approximate surface area is 119 Å². The van der Waals surface area contributed by atoms with Gasteiger partial charge in [-0.3, -0.25) is 4.72 Å². The van der Waals surface area contributed by atoms with Crippen LogP contribution in [0.25, 0.3) is 0 Å². The van der Waals surface area contributed by atoms with Gasteiger partial charge in [0.25, 0.3) is 0 Å². The highest BCUT2D eigenvalue weighted by Crippen LogP contribution is 2.25. The third kappa shape index (κ3) is 5.89. The van der Waals surface area contributed by atoms with Crippen LogP contribution in [0.5, 0.6) is 5.75 Å². The van der Waals surface area contributed by atoms with Crippen molar-refractivity contribution in [2.45, 2.75) is 13.8 Å². The van der Waals surface area contributed by atoms with Gasteiger partial charge >= 0.3 is 0 Å². The summed E-state index contributed by atoms with van der Waals surface area (Å²) in [6.45, 7) is 3.75. The van der Waals surface area contributed by atoms with E-state index in [1.54, 1.807) is 24.3 Å². The molecule has 5 nitrogen and oxygen atoms in total. The lowest BCUT2D eigenvalue weighted by Gasteiger charge is -2.14. The van der Waals surface area contributed by atoms with Crippen LogP contribution in [-0.4, -0.2) is 25.8 Å². The van der Waals surface area contributed by atoms with Gasteiger partial charge in [-0.1, -0.05) is 38.2 Å². The zero-order chi connectivity index (χ0) is 14.5. The summed E-state index contributed by atoms with van der Waals surface area (Å²) in [5.74, 6) is 0.501. The molecule has 0 aliphatic carbocycles. The lowest BCUT2D eigenvalue weighted by atomic mass is 10.3. The molecule has 0 aliphatic heterocycles. The summed E-state index contributed by atoms with van der Waals surface area (Å²) in [7, 11) is -3.39. The van der Waals surface area contributed by atoms with Crippen molar-refractivity contribution in [3.05, 3.63) is 24.3 Å². The van der Waals surface area contributed by atoms with E-state index in [1.165, 1.54) is 0 Å². The molecule has 0 saturated carbocycles. The maximum Gasteiger partial charge on any atom is 0.233 e. The first kappa shape index (κ1) is 15.7. The average molecular weight is 302 g/mol. The predicted octanol–water partition coefficient (Wildman–Crippen LogP) is 1.75. The molecule has 19 heavy (non-hydrogen) atoms. The summed E-state index contributed by atoms with van der Waals surface area (Å²) in [6.07, 6.45) is 0. The molecular formula is C12H18N2O3S2. The Balaban J connectivity index is 2.86. The van der Waals surface area contributed by atoms with Crippen molar-refractivity contribution in [1.82, 2.24) is 0 Å². The summed E-state index contributed by atoms with van der Waals surface area (Å²) in [5.41, 5.74) is 5.74. The van der Waals surface area contributed by atoms with Crippen LogP contribution in [-0.2, 0) is 10.0 Å². The smallest absolute Gasteiger partial charge is 0.233 e. The van der Waals surface area contributed by atoms with Crippen molar-refractivity contribution in [1.29, 1.82) is 0 Å². The molecule has 0 aliphatic rings. The van der Waals surface area contributed by atoms with Gasteiger partial charge in [0.1, 0.15) is 17.3 Å². The Bertz CT molecular complexity index is 542. The van der Waals surface area contributed by atoms with E-state index in [0.29, 0.717) is 11.4 Å². The van der Waals surface area contributed by atoms with Gasteiger partial charge in [0, 0.05) is 0 Å². The van der Waals surface area contributed by atoms with E-state index in [2.05, 4.69) is 4.72 Å². The average Bonchev–Trinajstić information content (AvgIpc) is 2.25. The number of para-hydroxylation sites is 2. The molecule has 0 bridgehead atoms. The number of nitrogens with one attached hydrogen (secondary N) is 1. The first-order chi connectivity index (χ1) is 8.80. The molecule has 3 N–H and O–H groups in total. The third-order valence-corrected chi connectivity index (χ3v) is 3.83. The van der Waals surface area contributed by atoms with Crippen LogP contribution in [0, 0.1) is 5.92 Å². The summed E-state index contributed by atoms with van der Waals surface area (Å²) >= 11 is 4.72. The molecule has 0 radical (unpaired) electrons. The molecule has 1 aromatic rings. The van der Waals surface area contributed by atoms with Gasteiger partial charge in [-0.2, -0.15) is 0 Å². The maximum atomic E-state index is 11.9. The van der Waals surface area contributed by atoms with Gasteiger partial charge in [0.15, 0.2) is 0 Å². The molecule has 7 heteroatoms. The van der Waals surface area contributed by atoms with Crippen LogP contribution >= 0.6 is 12.2 Å². The second kappa shape index (κ2) is 6.72. The van der Waals surface area contributed by atoms with Gasteiger partial charge in [-0.15, -0.1) is 0 Å². The second-order valence-corrected chi connectivity index (χ2v) is 6.82. The second-order valence-electron chi connectivity index (χ2n) is 4.53. The number of thiocarbonyl (C=S) groups is 1. The van der Waals surface area contributed by atoms with Crippen molar-refractivity contribution in [3.63, 3.8) is 0 Å². The molecule has 1 aromatic carbocycles. The first-order valence-electron chi connectivity index (χ1n) is 5.81. The largest absolute Gasteiger partial charge is 0.484 e. The number of anilines is 1. The van der Waals surface area contributed by atoms with Gasteiger partial charge in [-0.25, -0.2) is 8.42 Å². The number of sulfonamides is 1. The zero-order valence-electron chi connectivity index (χ0n) is 10.9. The Hall–Kier alpha value is -1.34. The van der Waals surface area contributed by atoms with Gasteiger partial charge in [0.2, 0.25) is 10.0 Å². The van der Waals surface area contributed by atoms with Gasteiger partial charge < -0.3 is 10.5 Å². The standard InChI is InChI=1S/C12H18N2O3S2/c1-9(2)8-19(15,16)14-10-5-3-4-6-11(10)17-7-12(13)18/h3-6,9,14H,7-8H2,1-2H3,(H2,13,18). The summed E-state index contributed by atoms with van der Waals surface area (Å²) in [5, 5.41) is 0. The normalized spacial score (nSPS) is 11.3. The van der Waals surface area contributed by atoms with E-state index >= 15 is 0 Å². The van der Waals surface area contributed by atoms with Crippen molar-refractivity contribution in [3.8, 4) is 5.75 Å². The highest BCUT2D eigenvalue weighted by Gasteiger charge is 2.15. The van der Waals surface area contributed by atoms with Crippen LogP contribution in [0.4, 0.5) is 5.69 Å². The maximum absolute atomic E-state index is 11.9. The lowest BCUT2D eigenvalue weighted by Crippen LogP contribution is -2.21. The van der Waals surface area contributed by atoms with E-state index in [-0.39, 0.29) is 23.3 Å². The van der Waals surface area contributed by atoms with Crippen LogP contribution in [0.2, 0.25) is 0 Å². The fourth-order valence-electron chi connectivity index (χ4n) is 1.47. The number of hydrogen-bond donors (Lipinski definition) is 2. The fourth-order valence-corrected chi connectivity index (χ4v) is 3.00. The minimum absolute atomic E-state index is 0.0437. The molecule has 0 fully saturated rings. The zero-order valence-corrected chi connectivity index (χ0v) is 12.6. The minimum atomic E-state index is -3.39. The van der Waals surface area contributed by atoms with Crippen molar-refractivity contribution >= 4 is 32.9 Å². The molecule has 0 unspecified atom stereocenters. The molecule has 0 aromatic heterocycles. The highest BCUT2D eigenvalue weighted by atomic mass is 32.2. The Morgan fingerprint density at radius 2 is 2.05 bits per heavy atom. The highest BCUT2D eigenvalue weighted by molar-refractivity contribution is 7.92. The van der Waals surface area contributed by atoms with Crippen molar-refractivity contribution in [2.75, 3.05) is 17.1 Å². The summed E-state index contributed by atoms with van der Waals surface area (Å²) in [4.78, 5) is 0.208.